The molecule has 0 unspecified atom stereocenters. The second-order valence-corrected chi connectivity index (χ2v) is 5.96. The predicted octanol–water partition coefficient (Wildman–Crippen LogP) is 2.38. The minimum Gasteiger partial charge on any atom is -0.207 e. The van der Waals surface area contributed by atoms with Gasteiger partial charge in [-0.05, 0) is 25.1 Å². The maximum atomic E-state index is 13.1. The van der Waals surface area contributed by atoms with Gasteiger partial charge in [0.05, 0.1) is 16.5 Å². The quantitative estimate of drug-likeness (QED) is 0.805. The van der Waals surface area contributed by atoms with Crippen LogP contribution in [0.15, 0.2) is 23.1 Å². The van der Waals surface area contributed by atoms with E-state index < -0.39 is 38.5 Å². The van der Waals surface area contributed by atoms with E-state index >= 15 is 0 Å². The summed E-state index contributed by atoms with van der Waals surface area (Å²) in [7, 11) is -3.25. The normalized spacial score (nSPS) is 14.1. The average Bonchev–Trinajstić information content (AvgIpc) is 2.35. The van der Waals surface area contributed by atoms with E-state index in [0.717, 1.165) is 13.1 Å². The fraction of sp³-hybridized carbons (Fsp3) is 0.364. The number of hydrogen-bond donors (Lipinski definition) is 0. The van der Waals surface area contributed by atoms with Crippen molar-refractivity contribution in [2.75, 3.05) is 7.05 Å². The molecule has 4 nitrogen and oxygen atoms in total. The second-order valence-electron chi connectivity index (χ2n) is 3.97. The van der Waals surface area contributed by atoms with Gasteiger partial charge >= 0.3 is 6.18 Å². The zero-order valence-electron chi connectivity index (χ0n) is 10.4. The summed E-state index contributed by atoms with van der Waals surface area (Å²) in [6.45, 7) is 1.27. The molecule has 0 bridgehead atoms. The Morgan fingerprint density at radius 1 is 1.35 bits per heavy atom. The Labute approximate surface area is 113 Å². The fourth-order valence-corrected chi connectivity index (χ4v) is 2.64. The highest BCUT2D eigenvalue weighted by molar-refractivity contribution is 7.89. The average molecular weight is 310 g/mol. The van der Waals surface area contributed by atoms with Crippen molar-refractivity contribution in [2.45, 2.75) is 24.0 Å². The van der Waals surface area contributed by atoms with E-state index in [-0.39, 0.29) is 6.07 Å². The molecule has 0 spiro atoms. The van der Waals surface area contributed by atoms with Crippen molar-refractivity contribution in [3.63, 3.8) is 0 Å². The predicted molar refractivity (Wildman–Crippen MR) is 61.4 cm³/mol. The highest BCUT2D eigenvalue weighted by Gasteiger charge is 2.36. The molecule has 1 aromatic rings. The first-order chi connectivity index (χ1) is 9.01. The minimum atomic E-state index is -5.00. The number of sulfonamides is 1. The van der Waals surface area contributed by atoms with E-state index in [1.165, 1.54) is 6.92 Å². The van der Waals surface area contributed by atoms with Crippen LogP contribution < -0.4 is 0 Å². The summed E-state index contributed by atoms with van der Waals surface area (Å²) >= 11 is 0. The van der Waals surface area contributed by atoms with Gasteiger partial charge in [0.1, 0.15) is 11.9 Å². The smallest absolute Gasteiger partial charge is 0.207 e. The molecule has 9 heteroatoms. The molecule has 0 radical (unpaired) electrons. The van der Waals surface area contributed by atoms with E-state index in [9.17, 15) is 26.0 Å². The Bertz CT molecular complexity index is 649. The molecule has 0 heterocycles. The van der Waals surface area contributed by atoms with Crippen LogP contribution in [0.1, 0.15) is 12.5 Å². The van der Waals surface area contributed by atoms with E-state index in [1.807, 2.05) is 0 Å². The molecule has 1 atom stereocenters. The topological polar surface area (TPSA) is 61.2 Å². The summed E-state index contributed by atoms with van der Waals surface area (Å²) in [5.41, 5.74) is -1.67. The molecule has 0 fully saturated rings. The van der Waals surface area contributed by atoms with Gasteiger partial charge < -0.3 is 0 Å². The van der Waals surface area contributed by atoms with Crippen molar-refractivity contribution in [1.29, 1.82) is 5.26 Å². The van der Waals surface area contributed by atoms with Crippen LogP contribution >= 0.6 is 0 Å². The van der Waals surface area contributed by atoms with Gasteiger partial charge in [0.15, 0.2) is 0 Å². The third-order valence-electron chi connectivity index (χ3n) is 2.65. The van der Waals surface area contributed by atoms with E-state index in [2.05, 4.69) is 0 Å². The Morgan fingerprint density at radius 2 is 1.90 bits per heavy atom. The van der Waals surface area contributed by atoms with Gasteiger partial charge in [-0.3, -0.25) is 0 Å². The van der Waals surface area contributed by atoms with Gasteiger partial charge in [0.2, 0.25) is 10.0 Å². The van der Waals surface area contributed by atoms with Gasteiger partial charge in [-0.25, -0.2) is 12.8 Å². The van der Waals surface area contributed by atoms with Crippen molar-refractivity contribution < 1.29 is 26.0 Å². The zero-order valence-corrected chi connectivity index (χ0v) is 11.3. The van der Waals surface area contributed by atoms with Crippen molar-refractivity contribution >= 4 is 10.0 Å². The van der Waals surface area contributed by atoms with Gasteiger partial charge in [-0.2, -0.15) is 22.7 Å². The Hall–Kier alpha value is -1.66. The maximum absolute atomic E-state index is 13.1. The SMILES string of the molecule is C[C@@H](C#N)N(C)S(=O)(=O)c1ccc(F)c(C(F)(F)F)c1. The standard InChI is InChI=1S/C11H10F4N2O2S/c1-7(6-16)17(2)20(18,19)8-3-4-10(12)9(5-8)11(13,14)15/h3-5,7H,1-2H3/t7-/m0/s1. The molecule has 1 aromatic carbocycles. The van der Waals surface area contributed by atoms with Crippen LogP contribution in [0.3, 0.4) is 0 Å². The van der Waals surface area contributed by atoms with Gasteiger partial charge in [-0.1, -0.05) is 0 Å². The molecule has 0 aliphatic heterocycles. The van der Waals surface area contributed by atoms with Crippen molar-refractivity contribution in [3.05, 3.63) is 29.6 Å². The Kier molecular flexibility index (Phi) is 4.41. The van der Waals surface area contributed by atoms with Crippen LogP contribution in [0.5, 0.6) is 0 Å². The first-order valence-electron chi connectivity index (χ1n) is 5.26. The van der Waals surface area contributed by atoms with Crippen LogP contribution in [-0.2, 0) is 16.2 Å². The summed E-state index contributed by atoms with van der Waals surface area (Å²) in [5.74, 6) is -1.56. The lowest BCUT2D eigenvalue weighted by Crippen LogP contribution is -2.34. The molecular formula is C11H10F4N2O2S. The minimum absolute atomic E-state index is 0.214. The largest absolute Gasteiger partial charge is 0.419 e. The number of nitrogens with zero attached hydrogens (tertiary/aromatic N) is 2. The second kappa shape index (κ2) is 5.38. The van der Waals surface area contributed by atoms with Gasteiger partial charge in [0, 0.05) is 7.05 Å². The number of benzene rings is 1. The number of alkyl halides is 3. The number of rotatable bonds is 3. The molecule has 110 valence electrons. The first-order valence-corrected chi connectivity index (χ1v) is 6.70. The molecule has 0 aromatic heterocycles. The van der Waals surface area contributed by atoms with E-state index in [1.54, 1.807) is 6.07 Å². The van der Waals surface area contributed by atoms with Crippen LogP contribution in [0.25, 0.3) is 0 Å². The van der Waals surface area contributed by atoms with E-state index in [4.69, 9.17) is 5.26 Å². The molecule has 0 N–H and O–H groups in total. The summed E-state index contributed by atoms with van der Waals surface area (Å²) in [6, 6.07) is 1.94. The third kappa shape index (κ3) is 3.08. The van der Waals surface area contributed by atoms with Crippen molar-refractivity contribution in [3.8, 4) is 6.07 Å². The fourth-order valence-electron chi connectivity index (χ4n) is 1.34. The number of halogens is 4. The summed E-state index contributed by atoms with van der Waals surface area (Å²) in [5, 5.41) is 8.65. The molecule has 0 aliphatic rings. The molecule has 1 rings (SSSR count). The molecule has 0 saturated heterocycles. The molecule has 0 aliphatic carbocycles. The molecule has 20 heavy (non-hydrogen) atoms. The molecule has 0 saturated carbocycles. The third-order valence-corrected chi connectivity index (χ3v) is 4.58. The Morgan fingerprint density at radius 3 is 2.35 bits per heavy atom. The van der Waals surface area contributed by atoms with Crippen molar-refractivity contribution in [2.24, 2.45) is 0 Å². The van der Waals surface area contributed by atoms with Gasteiger partial charge in [-0.15, -0.1) is 0 Å². The van der Waals surface area contributed by atoms with Crippen LogP contribution in [0, 0.1) is 17.1 Å². The van der Waals surface area contributed by atoms with Crippen LogP contribution in [0.2, 0.25) is 0 Å². The highest BCUT2D eigenvalue weighted by Crippen LogP contribution is 2.33. The zero-order chi connectivity index (χ0) is 15.7. The summed E-state index contributed by atoms with van der Waals surface area (Å²) < 4.78 is 75.4. The Balaban J connectivity index is 3.39. The first kappa shape index (κ1) is 16.4. The van der Waals surface area contributed by atoms with Crippen LogP contribution in [0.4, 0.5) is 17.6 Å². The lowest BCUT2D eigenvalue weighted by atomic mass is 10.2. The van der Waals surface area contributed by atoms with E-state index in [0.29, 0.717) is 10.4 Å². The molecular weight excluding hydrogens is 300 g/mol. The lowest BCUT2D eigenvalue weighted by Gasteiger charge is -2.19. The number of hydrogen-bond acceptors (Lipinski definition) is 3. The number of nitriles is 1. The summed E-state index contributed by atoms with van der Waals surface area (Å²) in [4.78, 5) is -0.726. The van der Waals surface area contributed by atoms with Crippen LogP contribution in [-0.4, -0.2) is 25.8 Å². The van der Waals surface area contributed by atoms with Gasteiger partial charge in [0.25, 0.3) is 0 Å². The lowest BCUT2D eigenvalue weighted by molar-refractivity contribution is -0.140. The molecule has 0 amide bonds. The van der Waals surface area contributed by atoms with Crippen molar-refractivity contribution in [1.82, 2.24) is 4.31 Å². The highest BCUT2D eigenvalue weighted by atomic mass is 32.2. The monoisotopic (exact) mass is 310 g/mol. The maximum Gasteiger partial charge on any atom is 0.419 e. The summed E-state index contributed by atoms with van der Waals surface area (Å²) in [6.07, 6.45) is -5.00.